The van der Waals surface area contributed by atoms with Crippen LogP contribution in [0.2, 0.25) is 0 Å². The van der Waals surface area contributed by atoms with Crippen molar-refractivity contribution in [2.24, 2.45) is 5.92 Å². The molecule has 3 saturated heterocycles. The van der Waals surface area contributed by atoms with Gasteiger partial charge in [-0.25, -0.2) is 4.98 Å². The minimum atomic E-state index is 0.0268. The van der Waals surface area contributed by atoms with Gasteiger partial charge in [-0.2, -0.15) is 4.98 Å². The van der Waals surface area contributed by atoms with E-state index in [-0.39, 0.29) is 17.9 Å². The molecule has 0 saturated carbocycles. The van der Waals surface area contributed by atoms with Gasteiger partial charge in [-0.15, -0.1) is 0 Å². The van der Waals surface area contributed by atoms with Crippen molar-refractivity contribution in [3.05, 3.63) is 47.7 Å². The van der Waals surface area contributed by atoms with Crippen molar-refractivity contribution in [1.82, 2.24) is 14.9 Å². The number of fused-ring (bicyclic) bond motifs is 4. The van der Waals surface area contributed by atoms with Gasteiger partial charge < -0.3 is 15.5 Å². The molecule has 0 radical (unpaired) electrons. The molecule has 2 atom stereocenters. The van der Waals surface area contributed by atoms with Gasteiger partial charge in [-0.3, -0.25) is 4.79 Å². The molecule has 1 aromatic heterocycles. The summed E-state index contributed by atoms with van der Waals surface area (Å²) in [6, 6.07) is 12.4. The molecule has 0 aliphatic carbocycles. The first-order valence-electron chi connectivity index (χ1n) is 8.80. The second-order valence-corrected chi connectivity index (χ2v) is 7.01. The van der Waals surface area contributed by atoms with Gasteiger partial charge in [-0.05, 0) is 25.3 Å². The number of carbonyl (C=O) groups excluding carboxylic acids is 1. The van der Waals surface area contributed by atoms with Crippen molar-refractivity contribution in [3.63, 3.8) is 0 Å². The van der Waals surface area contributed by atoms with Crippen LogP contribution in [0.5, 0.6) is 0 Å². The fourth-order valence-corrected chi connectivity index (χ4v) is 3.95. The normalized spacial score (nSPS) is 23.0. The van der Waals surface area contributed by atoms with Crippen molar-refractivity contribution in [3.8, 4) is 0 Å². The van der Waals surface area contributed by atoms with Crippen molar-refractivity contribution in [2.45, 2.75) is 32.4 Å². The number of nitrogens with zero attached hydrogens (tertiary/aromatic N) is 4. The molecular weight excluding hydrogens is 314 g/mol. The zero-order chi connectivity index (χ0) is 17.4. The number of aromatic nitrogens is 2. The molecule has 3 aliphatic rings. The summed E-state index contributed by atoms with van der Waals surface area (Å²) >= 11 is 0. The third kappa shape index (κ3) is 3.16. The Hall–Kier alpha value is -2.63. The molecule has 6 nitrogen and oxygen atoms in total. The molecule has 130 valence electrons. The fourth-order valence-electron chi connectivity index (χ4n) is 3.95. The van der Waals surface area contributed by atoms with Crippen LogP contribution in [-0.2, 0) is 11.3 Å². The molecule has 2 bridgehead atoms. The molecule has 4 heterocycles. The Morgan fingerprint density at radius 3 is 2.72 bits per heavy atom. The van der Waals surface area contributed by atoms with Crippen LogP contribution in [0.4, 0.5) is 11.8 Å². The Balaban J connectivity index is 1.60. The maximum Gasteiger partial charge on any atom is 0.228 e. The second-order valence-electron chi connectivity index (χ2n) is 7.01. The van der Waals surface area contributed by atoms with Crippen LogP contribution in [-0.4, -0.2) is 39.9 Å². The number of carbonyl (C=O) groups is 1. The van der Waals surface area contributed by atoms with E-state index < -0.39 is 0 Å². The van der Waals surface area contributed by atoms with Crippen LogP contribution in [0, 0.1) is 12.8 Å². The Labute approximate surface area is 147 Å². The first kappa shape index (κ1) is 15.9. The number of aryl methyl sites for hydroxylation is 1. The predicted octanol–water partition coefficient (Wildman–Crippen LogP) is 1.99. The zero-order valence-corrected chi connectivity index (χ0v) is 14.4. The van der Waals surface area contributed by atoms with E-state index in [2.05, 4.69) is 31.9 Å². The first-order chi connectivity index (χ1) is 12.1. The lowest BCUT2D eigenvalue weighted by Gasteiger charge is -2.36. The Bertz CT molecular complexity index is 758. The lowest BCUT2D eigenvalue weighted by molar-refractivity contribution is -0.140. The smallest absolute Gasteiger partial charge is 0.228 e. The van der Waals surface area contributed by atoms with Gasteiger partial charge >= 0.3 is 0 Å². The molecule has 0 unspecified atom stereocenters. The van der Waals surface area contributed by atoms with Crippen LogP contribution < -0.4 is 10.6 Å². The molecule has 1 aromatic carbocycles. The van der Waals surface area contributed by atoms with Crippen molar-refractivity contribution < 1.29 is 4.79 Å². The van der Waals surface area contributed by atoms with Gasteiger partial charge in [0.2, 0.25) is 11.9 Å². The lowest BCUT2D eigenvalue weighted by Crippen LogP contribution is -2.47. The summed E-state index contributed by atoms with van der Waals surface area (Å²) in [6.45, 7) is 4.10. The van der Waals surface area contributed by atoms with Gasteiger partial charge in [0.05, 0.1) is 5.92 Å². The van der Waals surface area contributed by atoms with Crippen molar-refractivity contribution in [1.29, 1.82) is 0 Å². The van der Waals surface area contributed by atoms with E-state index in [0.717, 1.165) is 30.9 Å². The van der Waals surface area contributed by atoms with Crippen molar-refractivity contribution in [2.75, 3.05) is 23.7 Å². The van der Waals surface area contributed by atoms with E-state index >= 15 is 0 Å². The monoisotopic (exact) mass is 337 g/mol. The number of benzene rings is 1. The molecule has 2 N–H and O–H groups in total. The van der Waals surface area contributed by atoms with Crippen LogP contribution >= 0.6 is 0 Å². The highest BCUT2D eigenvalue weighted by Gasteiger charge is 2.40. The molecule has 1 amide bonds. The summed E-state index contributed by atoms with van der Waals surface area (Å²) < 4.78 is 0. The third-order valence-corrected chi connectivity index (χ3v) is 5.17. The SMILES string of the molecule is Cc1cc(N2C[C@H]3CC[C@@H](C2)N(Cc2ccccc2)C3=O)nc(N)n1. The topological polar surface area (TPSA) is 75.3 Å². The van der Waals surface area contributed by atoms with Crippen LogP contribution in [0.25, 0.3) is 0 Å². The standard InChI is InChI=1S/C19H23N5O/c1-13-9-17(22-19(20)21-13)23-11-15-7-8-16(12-23)24(18(15)25)10-14-5-3-2-4-6-14/h2-6,9,15-16H,7-8,10-12H2,1H3,(H2,20,21,22)/t15-,16+/m1/s1. The molecule has 6 heteroatoms. The highest BCUT2D eigenvalue weighted by Crippen LogP contribution is 2.32. The molecule has 2 aromatic rings. The number of nitrogens with two attached hydrogens (primary N) is 1. The number of piperidine rings is 1. The zero-order valence-electron chi connectivity index (χ0n) is 14.4. The number of rotatable bonds is 3. The highest BCUT2D eigenvalue weighted by atomic mass is 16.2. The molecule has 3 aliphatic heterocycles. The minimum Gasteiger partial charge on any atom is -0.368 e. The van der Waals surface area contributed by atoms with Crippen LogP contribution in [0.15, 0.2) is 36.4 Å². The van der Waals surface area contributed by atoms with Gasteiger partial charge in [0.25, 0.3) is 0 Å². The maximum absolute atomic E-state index is 13.0. The van der Waals surface area contributed by atoms with Gasteiger partial charge in [0.1, 0.15) is 5.82 Å². The van der Waals surface area contributed by atoms with Crippen LogP contribution in [0.1, 0.15) is 24.1 Å². The quantitative estimate of drug-likeness (QED) is 0.927. The third-order valence-electron chi connectivity index (χ3n) is 5.17. The largest absolute Gasteiger partial charge is 0.368 e. The summed E-state index contributed by atoms with van der Waals surface area (Å²) in [5.41, 5.74) is 7.85. The highest BCUT2D eigenvalue weighted by molar-refractivity contribution is 5.81. The van der Waals surface area contributed by atoms with E-state index in [1.165, 1.54) is 5.56 Å². The van der Waals surface area contributed by atoms with Crippen LogP contribution in [0.3, 0.4) is 0 Å². The minimum absolute atomic E-state index is 0.0268. The lowest BCUT2D eigenvalue weighted by atomic mass is 9.93. The number of anilines is 2. The van der Waals surface area contributed by atoms with Gasteiger partial charge in [0.15, 0.2) is 0 Å². The average Bonchev–Trinajstić information content (AvgIpc) is 2.88. The predicted molar refractivity (Wildman–Crippen MR) is 96.9 cm³/mol. The van der Waals surface area contributed by atoms with Gasteiger partial charge in [-0.1, -0.05) is 30.3 Å². The van der Waals surface area contributed by atoms with E-state index in [1.807, 2.05) is 31.2 Å². The summed E-state index contributed by atoms with van der Waals surface area (Å²) in [5.74, 6) is 1.41. The summed E-state index contributed by atoms with van der Waals surface area (Å²) in [5, 5.41) is 0. The number of hydrogen-bond acceptors (Lipinski definition) is 5. The Kier molecular flexibility index (Phi) is 4.03. The molecule has 5 rings (SSSR count). The molecule has 25 heavy (non-hydrogen) atoms. The molecule has 0 spiro atoms. The summed E-state index contributed by atoms with van der Waals surface area (Å²) in [7, 11) is 0. The number of amides is 1. The molecular formula is C19H23N5O. The maximum atomic E-state index is 13.0. The fraction of sp³-hybridized carbons (Fsp3) is 0.421. The van der Waals surface area contributed by atoms with E-state index in [1.54, 1.807) is 0 Å². The Morgan fingerprint density at radius 2 is 1.96 bits per heavy atom. The average molecular weight is 337 g/mol. The van der Waals surface area contributed by atoms with E-state index in [4.69, 9.17) is 5.73 Å². The number of hydrogen-bond donors (Lipinski definition) is 1. The number of nitrogen functional groups attached to an aromatic ring is 1. The first-order valence-corrected chi connectivity index (χ1v) is 8.80. The van der Waals surface area contributed by atoms with E-state index in [9.17, 15) is 4.79 Å². The van der Waals surface area contributed by atoms with E-state index in [0.29, 0.717) is 19.0 Å². The van der Waals surface area contributed by atoms with Gasteiger partial charge in [0, 0.05) is 37.4 Å². The second kappa shape index (κ2) is 6.35. The summed E-state index contributed by atoms with van der Waals surface area (Å²) in [4.78, 5) is 25.8. The van der Waals surface area contributed by atoms with Crippen molar-refractivity contribution >= 4 is 17.7 Å². The summed E-state index contributed by atoms with van der Waals surface area (Å²) in [6.07, 6.45) is 1.99. The Morgan fingerprint density at radius 1 is 1.16 bits per heavy atom. The molecule has 3 fully saturated rings.